The molecule has 2 atom stereocenters. The highest BCUT2D eigenvalue weighted by molar-refractivity contribution is 9.10. The Kier molecular flexibility index (Phi) is 5.19. The lowest BCUT2D eigenvalue weighted by Crippen LogP contribution is -2.38. The molecule has 7 heteroatoms. The number of nitrogens with one attached hydrogen (secondary N) is 1. The summed E-state index contributed by atoms with van der Waals surface area (Å²) in [5.74, 6) is 0.199. The van der Waals surface area contributed by atoms with Crippen LogP contribution in [0, 0.1) is 5.92 Å². The number of benzene rings is 1. The number of aliphatic hydroxyl groups excluding tert-OH is 1. The summed E-state index contributed by atoms with van der Waals surface area (Å²) in [6.45, 7) is 2.92. The van der Waals surface area contributed by atoms with Crippen molar-refractivity contribution < 1.29 is 18.3 Å². The number of ether oxygens (including phenoxy) is 1. The average molecular weight is 364 g/mol. The van der Waals surface area contributed by atoms with Crippen molar-refractivity contribution in [2.24, 2.45) is 5.92 Å². The molecule has 20 heavy (non-hydrogen) atoms. The predicted molar refractivity (Wildman–Crippen MR) is 78.8 cm³/mol. The zero-order chi connectivity index (χ0) is 14.8. The van der Waals surface area contributed by atoms with Crippen LogP contribution >= 0.6 is 15.9 Å². The molecule has 0 aliphatic carbocycles. The van der Waals surface area contributed by atoms with Gasteiger partial charge in [-0.05, 0) is 47.0 Å². The number of rotatable bonds is 5. The molecular formula is C13H18BrNO4S. The highest BCUT2D eigenvalue weighted by Gasteiger charge is 2.27. The van der Waals surface area contributed by atoms with E-state index in [0.29, 0.717) is 23.2 Å². The predicted octanol–water partition coefficient (Wildman–Crippen LogP) is 1.64. The van der Waals surface area contributed by atoms with Crippen molar-refractivity contribution in [2.45, 2.75) is 30.9 Å². The molecule has 1 fully saturated rings. The molecule has 5 nitrogen and oxygen atoms in total. The molecule has 2 N–H and O–H groups in total. The van der Waals surface area contributed by atoms with E-state index in [1.54, 1.807) is 12.1 Å². The number of hydrogen-bond donors (Lipinski definition) is 2. The third-order valence-corrected chi connectivity index (χ3v) is 6.03. The highest BCUT2D eigenvalue weighted by atomic mass is 79.9. The van der Waals surface area contributed by atoms with Gasteiger partial charge in [-0.15, -0.1) is 0 Å². The quantitative estimate of drug-likeness (QED) is 0.833. The molecule has 0 amide bonds. The monoisotopic (exact) mass is 363 g/mol. The molecule has 112 valence electrons. The fraction of sp³-hybridized carbons (Fsp3) is 0.538. The zero-order valence-electron chi connectivity index (χ0n) is 11.2. The Labute approximate surface area is 127 Å². The van der Waals surface area contributed by atoms with Crippen LogP contribution in [0.5, 0.6) is 0 Å². The first-order valence-corrected chi connectivity index (χ1v) is 8.71. The summed E-state index contributed by atoms with van der Waals surface area (Å²) in [4.78, 5) is 0.148. The van der Waals surface area contributed by atoms with E-state index in [9.17, 15) is 8.42 Å². The molecule has 1 saturated heterocycles. The van der Waals surface area contributed by atoms with E-state index in [1.165, 1.54) is 6.07 Å². The van der Waals surface area contributed by atoms with Gasteiger partial charge in [0.1, 0.15) is 0 Å². The van der Waals surface area contributed by atoms with Gasteiger partial charge in [0.15, 0.2) is 0 Å². The van der Waals surface area contributed by atoms with E-state index in [0.717, 1.165) is 6.42 Å². The summed E-state index contributed by atoms with van der Waals surface area (Å²) in [5.41, 5.74) is 0.561. The Hall–Kier alpha value is -0.470. The zero-order valence-corrected chi connectivity index (χ0v) is 13.6. The second-order valence-corrected chi connectivity index (χ2v) is 7.49. The SMILES string of the molecule is CC(NS(=O)(=O)c1cc(CO)ccc1Br)C1CCOC1. The average Bonchev–Trinajstić information content (AvgIpc) is 2.92. The molecule has 0 radical (unpaired) electrons. The normalized spacial score (nSPS) is 21.1. The van der Waals surface area contributed by atoms with Crippen LogP contribution in [0.3, 0.4) is 0 Å². The molecule has 1 aromatic carbocycles. The molecule has 1 heterocycles. The molecule has 0 saturated carbocycles. The first kappa shape index (κ1) is 15.9. The van der Waals surface area contributed by atoms with Crippen LogP contribution in [0.15, 0.2) is 27.6 Å². The van der Waals surface area contributed by atoms with Crippen LogP contribution in [0.2, 0.25) is 0 Å². The third-order valence-electron chi connectivity index (χ3n) is 3.48. The second kappa shape index (κ2) is 6.53. The van der Waals surface area contributed by atoms with Crippen molar-refractivity contribution in [2.75, 3.05) is 13.2 Å². The van der Waals surface area contributed by atoms with Gasteiger partial charge in [-0.25, -0.2) is 13.1 Å². The largest absolute Gasteiger partial charge is 0.392 e. The van der Waals surface area contributed by atoms with Crippen molar-refractivity contribution in [1.29, 1.82) is 0 Å². The van der Waals surface area contributed by atoms with E-state index in [4.69, 9.17) is 9.84 Å². The molecule has 0 aromatic heterocycles. The van der Waals surface area contributed by atoms with Gasteiger partial charge < -0.3 is 9.84 Å². The van der Waals surface area contributed by atoms with Gasteiger partial charge in [-0.2, -0.15) is 0 Å². The van der Waals surface area contributed by atoms with Crippen LogP contribution in [0.1, 0.15) is 18.9 Å². The van der Waals surface area contributed by atoms with E-state index < -0.39 is 10.0 Å². The molecule has 1 aliphatic rings. The summed E-state index contributed by atoms with van der Waals surface area (Å²) in [6.07, 6.45) is 0.863. The maximum Gasteiger partial charge on any atom is 0.241 e. The van der Waals surface area contributed by atoms with Crippen molar-refractivity contribution in [3.63, 3.8) is 0 Å². The minimum Gasteiger partial charge on any atom is -0.392 e. The summed E-state index contributed by atoms with van der Waals surface area (Å²) < 4.78 is 33.3. The minimum atomic E-state index is -3.62. The fourth-order valence-electron chi connectivity index (χ4n) is 2.20. The smallest absolute Gasteiger partial charge is 0.241 e. The summed E-state index contributed by atoms with van der Waals surface area (Å²) in [6, 6.07) is 4.60. The van der Waals surface area contributed by atoms with Gasteiger partial charge >= 0.3 is 0 Å². The van der Waals surface area contributed by atoms with Crippen LogP contribution in [-0.2, 0) is 21.4 Å². The molecular weight excluding hydrogens is 346 g/mol. The molecule has 2 unspecified atom stereocenters. The lowest BCUT2D eigenvalue weighted by molar-refractivity contribution is 0.180. The Bertz CT molecular complexity index is 570. The molecule has 1 aromatic rings. The van der Waals surface area contributed by atoms with Gasteiger partial charge in [-0.1, -0.05) is 6.07 Å². The Morgan fingerprint density at radius 2 is 2.30 bits per heavy atom. The van der Waals surface area contributed by atoms with Crippen molar-refractivity contribution in [1.82, 2.24) is 4.72 Å². The molecule has 0 spiro atoms. The van der Waals surface area contributed by atoms with Crippen molar-refractivity contribution >= 4 is 26.0 Å². The van der Waals surface area contributed by atoms with Crippen LogP contribution in [0.4, 0.5) is 0 Å². The van der Waals surface area contributed by atoms with Gasteiger partial charge in [0, 0.05) is 23.0 Å². The maximum absolute atomic E-state index is 12.4. The highest BCUT2D eigenvalue weighted by Crippen LogP contribution is 2.25. The Morgan fingerprint density at radius 1 is 1.55 bits per heavy atom. The minimum absolute atomic E-state index is 0.148. The Balaban J connectivity index is 2.21. The Morgan fingerprint density at radius 3 is 2.90 bits per heavy atom. The van der Waals surface area contributed by atoms with Crippen molar-refractivity contribution in [3.8, 4) is 0 Å². The molecule has 2 rings (SSSR count). The molecule has 1 aliphatic heterocycles. The number of aliphatic hydroxyl groups is 1. The van der Waals surface area contributed by atoms with E-state index in [2.05, 4.69) is 20.7 Å². The lowest BCUT2D eigenvalue weighted by atomic mass is 10.0. The van der Waals surface area contributed by atoms with Gasteiger partial charge in [0.05, 0.1) is 18.1 Å². The van der Waals surface area contributed by atoms with Crippen LogP contribution < -0.4 is 4.72 Å². The lowest BCUT2D eigenvalue weighted by Gasteiger charge is -2.20. The molecule has 0 bridgehead atoms. The second-order valence-electron chi connectivity index (χ2n) is 4.96. The summed E-state index contributed by atoms with van der Waals surface area (Å²) >= 11 is 3.24. The first-order chi connectivity index (χ1) is 9.44. The van der Waals surface area contributed by atoms with Crippen LogP contribution in [-0.4, -0.2) is 32.8 Å². The van der Waals surface area contributed by atoms with Crippen LogP contribution in [0.25, 0.3) is 0 Å². The summed E-state index contributed by atoms with van der Waals surface area (Å²) in [5, 5.41) is 9.13. The topological polar surface area (TPSA) is 75.6 Å². The van der Waals surface area contributed by atoms with E-state index >= 15 is 0 Å². The van der Waals surface area contributed by atoms with Gasteiger partial charge in [-0.3, -0.25) is 0 Å². The third kappa shape index (κ3) is 3.59. The van der Waals surface area contributed by atoms with Gasteiger partial charge in [0.25, 0.3) is 0 Å². The number of hydrogen-bond acceptors (Lipinski definition) is 4. The van der Waals surface area contributed by atoms with E-state index in [-0.39, 0.29) is 23.5 Å². The number of halogens is 1. The van der Waals surface area contributed by atoms with Crippen molar-refractivity contribution in [3.05, 3.63) is 28.2 Å². The number of sulfonamides is 1. The standard InChI is InChI=1S/C13H18BrNO4S/c1-9(11-4-5-19-8-11)15-20(17,18)13-6-10(7-16)2-3-12(13)14/h2-3,6,9,11,15-16H,4-5,7-8H2,1H3. The summed E-state index contributed by atoms with van der Waals surface area (Å²) in [7, 11) is -3.62. The van der Waals surface area contributed by atoms with E-state index in [1.807, 2.05) is 6.92 Å². The van der Waals surface area contributed by atoms with Gasteiger partial charge in [0.2, 0.25) is 10.0 Å². The first-order valence-electron chi connectivity index (χ1n) is 6.43. The fourth-order valence-corrected chi connectivity index (χ4v) is 4.53. The maximum atomic E-state index is 12.4.